The molecule has 2 aliphatic carbocycles. The summed E-state index contributed by atoms with van der Waals surface area (Å²) in [5, 5.41) is 11.2. The second-order valence-electron chi connectivity index (χ2n) is 23.0. The highest BCUT2D eigenvalue weighted by Crippen LogP contribution is 2.41. The summed E-state index contributed by atoms with van der Waals surface area (Å²) in [5.74, 6) is -0.00130. The van der Waals surface area contributed by atoms with E-state index in [2.05, 4.69) is 72.1 Å². The van der Waals surface area contributed by atoms with Gasteiger partial charge in [-0.15, -0.1) is 0 Å². The molecule has 5 N–H and O–H groups in total. The quantitative estimate of drug-likeness (QED) is 0.0912. The number of nitrogens with one attached hydrogen (secondary N) is 3. The summed E-state index contributed by atoms with van der Waals surface area (Å²) < 4.78 is 3.99. The van der Waals surface area contributed by atoms with Gasteiger partial charge < -0.3 is 40.6 Å². The topological polar surface area (TPSA) is 205 Å². The molecule has 0 saturated carbocycles. The van der Waals surface area contributed by atoms with Gasteiger partial charge in [-0.1, -0.05) is 71.7 Å². The van der Waals surface area contributed by atoms with Gasteiger partial charge in [-0.3, -0.25) is 34.2 Å². The molecule has 0 spiro atoms. The molecule has 442 valence electrons. The van der Waals surface area contributed by atoms with Crippen molar-refractivity contribution in [2.24, 2.45) is 11.7 Å². The second-order valence-corrected chi connectivity index (χ2v) is 23.8. The molecule has 4 atom stereocenters. The van der Waals surface area contributed by atoms with Crippen LogP contribution < -0.4 is 21.7 Å². The van der Waals surface area contributed by atoms with Crippen LogP contribution in [0.3, 0.4) is 0 Å². The van der Waals surface area contributed by atoms with Crippen molar-refractivity contribution in [2.45, 2.75) is 82.2 Å². The van der Waals surface area contributed by atoms with Crippen molar-refractivity contribution < 1.29 is 19.2 Å². The minimum atomic E-state index is -0.645. The largest absolute Gasteiger partial charge is 0.351 e. The number of hydrogen-bond acceptors (Lipinski definition) is 11. The van der Waals surface area contributed by atoms with E-state index in [1.165, 1.54) is 16.7 Å². The number of carbonyl (C=O) groups is 4. The third-order valence-electron chi connectivity index (χ3n) is 17.5. The van der Waals surface area contributed by atoms with Crippen molar-refractivity contribution in [3.05, 3.63) is 225 Å². The van der Waals surface area contributed by atoms with Gasteiger partial charge in [0.1, 0.15) is 12.1 Å². The van der Waals surface area contributed by atoms with E-state index in [4.69, 9.17) is 38.9 Å². The molecule has 3 aliphatic heterocycles. The van der Waals surface area contributed by atoms with Crippen LogP contribution in [0.25, 0.3) is 0 Å². The number of imidazole rings is 2. The lowest BCUT2D eigenvalue weighted by molar-refractivity contribution is -0.138. The van der Waals surface area contributed by atoms with E-state index >= 15 is 0 Å². The molecule has 4 aromatic heterocycles. The predicted molar refractivity (Wildman–Crippen MR) is 332 cm³/mol. The molecule has 4 aromatic carbocycles. The van der Waals surface area contributed by atoms with Crippen molar-refractivity contribution in [3.8, 4) is 0 Å². The maximum Gasteiger partial charge on any atom is 0.314 e. The molecule has 0 bridgehead atoms. The average molecular weight is 1190 g/mol. The molecule has 8 aromatic rings. The number of piperazine rings is 2. The fraction of sp³-hybridized carbons (Fsp3) is 0.333. The first-order valence-electron chi connectivity index (χ1n) is 29.7. The van der Waals surface area contributed by atoms with E-state index < -0.39 is 12.1 Å². The van der Waals surface area contributed by atoms with Crippen LogP contribution in [0.5, 0.6) is 0 Å². The zero-order valence-electron chi connectivity index (χ0n) is 47.9. The van der Waals surface area contributed by atoms with Gasteiger partial charge in [-0.25, -0.2) is 14.8 Å². The number of fused-ring (bicyclic) bond motifs is 4. The number of piperidine rings is 1. The normalized spacial score (nSPS) is 19.7. The lowest BCUT2D eigenvalue weighted by Crippen LogP contribution is -2.60. The molecule has 0 unspecified atom stereocenters. The summed E-state index contributed by atoms with van der Waals surface area (Å²) >= 11 is 12.9. The van der Waals surface area contributed by atoms with Gasteiger partial charge in [-0.05, 0) is 150 Å². The van der Waals surface area contributed by atoms with Gasteiger partial charge in [0, 0.05) is 130 Å². The average Bonchev–Trinajstić information content (AvgIpc) is 2.95. The Morgan fingerprint density at radius 3 is 1.64 bits per heavy atom. The number of nitrogens with two attached hydrogens (primary N) is 1. The van der Waals surface area contributed by atoms with Gasteiger partial charge in [0.25, 0.3) is 0 Å². The number of hydrogen-bond donors (Lipinski definition) is 4. The Labute approximate surface area is 510 Å². The molecule has 86 heavy (non-hydrogen) atoms. The van der Waals surface area contributed by atoms with Crippen molar-refractivity contribution in [3.63, 3.8) is 0 Å². The highest BCUT2D eigenvalue weighted by molar-refractivity contribution is 6.31. The zero-order chi connectivity index (χ0) is 59.1. The minimum absolute atomic E-state index is 0.0239. The maximum atomic E-state index is 14.5. The Balaban J connectivity index is 0.000000175. The number of nitrogens with zero attached hydrogens (tertiary/aromatic N) is 10. The van der Waals surface area contributed by atoms with Crippen LogP contribution in [0.2, 0.25) is 10.0 Å². The van der Waals surface area contributed by atoms with Crippen molar-refractivity contribution >= 4 is 58.3 Å². The number of halogens is 2. The van der Waals surface area contributed by atoms with E-state index in [9.17, 15) is 19.2 Å². The number of likely N-dealkylation sites (tertiary alicyclic amines) is 1. The van der Waals surface area contributed by atoms with Crippen molar-refractivity contribution in [2.75, 3.05) is 63.0 Å². The summed E-state index contributed by atoms with van der Waals surface area (Å²) in [6.07, 6.45) is 19.9. The number of urea groups is 1. The van der Waals surface area contributed by atoms with Crippen LogP contribution in [0, 0.1) is 5.92 Å². The third-order valence-corrected chi connectivity index (χ3v) is 17.9. The van der Waals surface area contributed by atoms with Crippen LogP contribution >= 0.6 is 23.2 Å². The lowest BCUT2D eigenvalue weighted by Gasteiger charge is -2.45. The standard InChI is InChI=1S/C37H41ClN8O3.C29H29ClN6O/c38-29-8-9-31-28(21-29)7-6-27-4-2-12-41-34(27)35(31)46-18-17-45(33(47)20-25-10-14-44(15-11-25)37(39)49)23-32(46)36(48)42-30-5-1-3-26(19-30)22-43-16-13-40-24-43;30-23-8-9-25-22(16-23)7-6-21-4-2-10-33-27(21)28(25)36-14-12-31-17-26(36)29(37)34-24-5-1-3-20(15-24)18-35-13-11-32-19-35/h1-5,8-9,12-13,16,19,21,24-25,32,35H,6-7,10-11,14-15,17-18,20,22-23H2,(H2,39,49)(H,42,48);1-5,8-11,13,15-16,19,26,28,31H,6-7,12,14,17-18H2,(H,34,37)/t32-,35-;26-,28-/m11/s1. The molecule has 7 heterocycles. The third kappa shape index (κ3) is 13.4. The minimum Gasteiger partial charge on any atom is -0.351 e. The first kappa shape index (κ1) is 58.1. The molecular formula is C66H70Cl2N14O4. The summed E-state index contributed by atoms with van der Waals surface area (Å²) in [5.41, 5.74) is 18.1. The monoisotopic (exact) mass is 1190 g/mol. The fourth-order valence-corrected chi connectivity index (χ4v) is 13.5. The van der Waals surface area contributed by atoms with Crippen molar-refractivity contribution in [1.82, 2.24) is 54.0 Å². The van der Waals surface area contributed by atoms with Crippen LogP contribution in [0.1, 0.15) is 87.2 Å². The van der Waals surface area contributed by atoms with E-state index in [0.717, 1.165) is 102 Å². The summed E-state index contributed by atoms with van der Waals surface area (Å²) in [7, 11) is 0. The summed E-state index contributed by atoms with van der Waals surface area (Å²) in [6.45, 7) is 5.80. The van der Waals surface area contributed by atoms with E-state index in [1.54, 1.807) is 29.9 Å². The molecule has 5 aliphatic rings. The first-order chi connectivity index (χ1) is 42.0. The molecule has 3 saturated heterocycles. The number of carbonyl (C=O) groups excluding carboxylic acids is 4. The molecule has 20 heteroatoms. The molecular weight excluding hydrogens is 1120 g/mol. The molecule has 0 radical (unpaired) electrons. The number of rotatable bonds is 12. The first-order valence-corrected chi connectivity index (χ1v) is 30.4. The van der Waals surface area contributed by atoms with E-state index in [1.807, 2.05) is 112 Å². The molecule has 3 fully saturated rings. The molecule has 18 nitrogen and oxygen atoms in total. The Hall–Kier alpha value is -8.26. The zero-order valence-corrected chi connectivity index (χ0v) is 49.4. The number of pyridine rings is 2. The second kappa shape index (κ2) is 26.6. The Morgan fingerprint density at radius 2 is 1.10 bits per heavy atom. The van der Waals surface area contributed by atoms with Gasteiger partial charge in [-0.2, -0.15) is 0 Å². The van der Waals surface area contributed by atoms with Crippen LogP contribution in [-0.4, -0.2) is 137 Å². The SMILES string of the molecule is NC(=O)N1CCC(CC(=O)N2CCN([C@@H]3c4ccc(Cl)cc4CCc4cccnc43)[C@@H](C(=O)Nc3cccc(Cn4ccnc4)c3)C2)CC1.O=C(Nc1cccc(Cn2ccnc2)c1)[C@H]1CNCCN1[C@@H]1c2ccc(Cl)cc2CCc2cccnc21. The number of primary amides is 1. The fourth-order valence-electron chi connectivity index (χ4n) is 13.1. The van der Waals surface area contributed by atoms with Crippen molar-refractivity contribution in [1.29, 1.82) is 0 Å². The smallest absolute Gasteiger partial charge is 0.314 e. The number of benzene rings is 4. The van der Waals surface area contributed by atoms with Crippen LogP contribution in [0.4, 0.5) is 16.2 Å². The Morgan fingerprint density at radius 1 is 0.570 bits per heavy atom. The lowest BCUT2D eigenvalue weighted by atomic mass is 9.92. The van der Waals surface area contributed by atoms with E-state index in [0.29, 0.717) is 62.9 Å². The summed E-state index contributed by atoms with van der Waals surface area (Å²) in [4.78, 5) is 79.7. The van der Waals surface area contributed by atoms with Gasteiger partial charge in [0.2, 0.25) is 17.7 Å². The summed E-state index contributed by atoms with van der Waals surface area (Å²) in [6, 6.07) is 34.4. The predicted octanol–water partition coefficient (Wildman–Crippen LogP) is 8.58. The maximum absolute atomic E-state index is 14.5. The number of aryl methyl sites for hydroxylation is 4. The molecule has 5 amide bonds. The van der Waals surface area contributed by atoms with Gasteiger partial charge >= 0.3 is 6.03 Å². The Bertz CT molecular complexity index is 3710. The number of anilines is 2. The number of aromatic nitrogens is 6. The number of amides is 5. The highest BCUT2D eigenvalue weighted by atomic mass is 35.5. The van der Waals surface area contributed by atoms with E-state index in [-0.39, 0.29) is 48.3 Å². The van der Waals surface area contributed by atoms with Crippen LogP contribution in [0.15, 0.2) is 159 Å². The highest BCUT2D eigenvalue weighted by Gasteiger charge is 2.43. The Kier molecular flexibility index (Phi) is 18.0. The molecule has 13 rings (SSSR count). The van der Waals surface area contributed by atoms with Crippen LogP contribution in [-0.2, 0) is 53.2 Å². The van der Waals surface area contributed by atoms with Gasteiger partial charge in [0.15, 0.2) is 0 Å². The van der Waals surface area contributed by atoms with Gasteiger partial charge in [0.05, 0.1) is 36.1 Å².